The van der Waals surface area contributed by atoms with Crippen LogP contribution in [0.4, 0.5) is 34.1 Å². The molecule has 0 spiro atoms. The van der Waals surface area contributed by atoms with Gasteiger partial charge in [-0.2, -0.15) is 0 Å². The monoisotopic (exact) mass is 800 g/mol. The van der Waals surface area contributed by atoms with Crippen molar-refractivity contribution in [1.82, 2.24) is 0 Å². The highest BCUT2D eigenvalue weighted by atomic mass is 15.1. The van der Waals surface area contributed by atoms with Gasteiger partial charge < -0.3 is 9.80 Å². The van der Waals surface area contributed by atoms with Crippen molar-refractivity contribution in [3.05, 3.63) is 214 Å². The van der Waals surface area contributed by atoms with Crippen LogP contribution in [0.15, 0.2) is 170 Å². The van der Waals surface area contributed by atoms with Gasteiger partial charge in [-0.25, -0.2) is 0 Å². The smallest absolute Gasteiger partial charge is 0.0543 e. The summed E-state index contributed by atoms with van der Waals surface area (Å²) >= 11 is 0. The SMILES string of the molecule is Cc1ccc(N(c2ccc(C)cc2)c2cc3c(c4ccccc24)-c2cc4c(cc2C3(C)C)-c2c(cc(N(c3ccc(C)cc3)c3ccc(C)cc3)c3ccccc23)C4(C)C)cc1. The molecule has 0 N–H and O–H groups in total. The molecular formula is C60H52N2. The molecule has 2 heteroatoms. The summed E-state index contributed by atoms with van der Waals surface area (Å²) in [4.78, 5) is 4.92. The molecule has 11 rings (SSSR count). The lowest BCUT2D eigenvalue weighted by Crippen LogP contribution is -2.18. The summed E-state index contributed by atoms with van der Waals surface area (Å²) in [7, 11) is 0. The summed E-state index contributed by atoms with van der Waals surface area (Å²) in [6, 6.07) is 64.2. The summed E-state index contributed by atoms with van der Waals surface area (Å²) in [5.41, 5.74) is 22.5. The highest BCUT2D eigenvalue weighted by Crippen LogP contribution is 2.60. The Bertz CT molecular complexity index is 2930. The maximum atomic E-state index is 2.58. The maximum absolute atomic E-state index is 2.58. The number of aryl methyl sites for hydroxylation is 4. The normalized spacial score (nSPS) is 14.1. The van der Waals surface area contributed by atoms with E-state index in [4.69, 9.17) is 0 Å². The highest BCUT2D eigenvalue weighted by Gasteiger charge is 2.44. The van der Waals surface area contributed by atoms with E-state index in [9.17, 15) is 0 Å². The van der Waals surface area contributed by atoms with Crippen molar-refractivity contribution in [1.29, 1.82) is 0 Å². The number of hydrogen-bond donors (Lipinski definition) is 0. The maximum Gasteiger partial charge on any atom is 0.0543 e. The van der Waals surface area contributed by atoms with Crippen molar-refractivity contribution in [2.75, 3.05) is 9.80 Å². The van der Waals surface area contributed by atoms with E-state index in [0.29, 0.717) is 0 Å². The summed E-state index contributed by atoms with van der Waals surface area (Å²) in [6.45, 7) is 18.4. The van der Waals surface area contributed by atoms with Crippen molar-refractivity contribution in [3.8, 4) is 22.3 Å². The molecule has 302 valence electrons. The first-order valence-corrected chi connectivity index (χ1v) is 22.1. The molecule has 0 saturated carbocycles. The van der Waals surface area contributed by atoms with Crippen molar-refractivity contribution in [2.24, 2.45) is 0 Å². The number of nitrogens with zero attached hydrogens (tertiary/aromatic N) is 2. The van der Waals surface area contributed by atoms with Gasteiger partial charge in [0.1, 0.15) is 0 Å². The number of hydrogen-bond acceptors (Lipinski definition) is 2. The van der Waals surface area contributed by atoms with Gasteiger partial charge in [-0.3, -0.25) is 0 Å². The molecule has 0 aromatic heterocycles. The summed E-state index contributed by atoms with van der Waals surface area (Å²) in [6.07, 6.45) is 0. The van der Waals surface area contributed by atoms with Crippen LogP contribution in [0.2, 0.25) is 0 Å². The Hall–Kier alpha value is -6.90. The number of rotatable bonds is 6. The zero-order valence-electron chi connectivity index (χ0n) is 37.1. The molecule has 0 heterocycles. The lowest BCUT2D eigenvalue weighted by molar-refractivity contribution is 0.652. The van der Waals surface area contributed by atoms with Gasteiger partial charge in [-0.05, 0) is 156 Å². The molecule has 0 aliphatic heterocycles. The molecule has 2 nitrogen and oxygen atoms in total. The zero-order chi connectivity index (χ0) is 42.7. The van der Waals surface area contributed by atoms with E-state index < -0.39 is 0 Å². The number of fused-ring (bicyclic) bond motifs is 10. The quantitative estimate of drug-likeness (QED) is 0.165. The van der Waals surface area contributed by atoms with Gasteiger partial charge in [0.05, 0.1) is 11.4 Å². The van der Waals surface area contributed by atoms with Gasteiger partial charge in [0.2, 0.25) is 0 Å². The van der Waals surface area contributed by atoms with Crippen LogP contribution in [0, 0.1) is 27.7 Å². The van der Waals surface area contributed by atoms with Gasteiger partial charge in [0, 0.05) is 44.4 Å². The lowest BCUT2D eigenvalue weighted by Gasteiger charge is -2.30. The fourth-order valence-electron chi connectivity index (χ4n) is 10.6. The Kier molecular flexibility index (Phi) is 8.48. The molecule has 0 radical (unpaired) electrons. The zero-order valence-corrected chi connectivity index (χ0v) is 37.1. The first-order valence-electron chi connectivity index (χ1n) is 22.1. The molecule has 2 aliphatic rings. The van der Waals surface area contributed by atoms with Crippen LogP contribution in [0.25, 0.3) is 43.8 Å². The molecule has 0 bridgehead atoms. The third-order valence-electron chi connectivity index (χ3n) is 14.1. The molecule has 0 saturated heterocycles. The van der Waals surface area contributed by atoms with E-state index >= 15 is 0 Å². The topological polar surface area (TPSA) is 6.48 Å². The van der Waals surface area contributed by atoms with Crippen LogP contribution in [-0.4, -0.2) is 0 Å². The molecule has 62 heavy (non-hydrogen) atoms. The van der Waals surface area contributed by atoms with Crippen LogP contribution in [0.5, 0.6) is 0 Å². The van der Waals surface area contributed by atoms with E-state index in [-0.39, 0.29) is 10.8 Å². The fraction of sp³-hybridized carbons (Fsp3) is 0.167. The fourth-order valence-corrected chi connectivity index (χ4v) is 10.6. The largest absolute Gasteiger partial charge is 0.310 e. The second kappa shape index (κ2) is 13.8. The first-order chi connectivity index (χ1) is 29.9. The Labute approximate surface area is 366 Å². The van der Waals surface area contributed by atoms with Crippen molar-refractivity contribution >= 4 is 55.7 Å². The minimum Gasteiger partial charge on any atom is -0.310 e. The second-order valence-corrected chi connectivity index (χ2v) is 18.9. The predicted octanol–water partition coefficient (Wildman–Crippen LogP) is 16.8. The first kappa shape index (κ1) is 38.1. The molecule has 0 atom stereocenters. The molecule has 0 amide bonds. The predicted molar refractivity (Wildman–Crippen MR) is 265 cm³/mol. The molecule has 2 aliphatic carbocycles. The van der Waals surface area contributed by atoms with Crippen molar-refractivity contribution < 1.29 is 0 Å². The summed E-state index contributed by atoms with van der Waals surface area (Å²) in [5.74, 6) is 0. The average Bonchev–Trinajstić information content (AvgIpc) is 3.64. The number of anilines is 6. The Morgan fingerprint density at radius 1 is 0.306 bits per heavy atom. The van der Waals surface area contributed by atoms with Crippen LogP contribution < -0.4 is 9.80 Å². The number of benzene rings is 9. The summed E-state index contributed by atoms with van der Waals surface area (Å²) < 4.78 is 0. The van der Waals surface area contributed by atoms with Crippen molar-refractivity contribution in [3.63, 3.8) is 0 Å². The van der Waals surface area contributed by atoms with Crippen LogP contribution in [0.3, 0.4) is 0 Å². The molecule has 9 aromatic carbocycles. The minimum absolute atomic E-state index is 0.249. The average molecular weight is 801 g/mol. The highest BCUT2D eigenvalue weighted by molar-refractivity contribution is 6.13. The standard InChI is InChI=1S/C60H52N2/c1-37-17-25-41(26-18-37)61(42-27-19-38(2)20-28-42)55-35-53-57(47-15-11-9-13-45(47)55)49-33-52-50(34-51(49)59(53,5)6)58-48-16-12-10-14-46(48)56(36-54(58)60(52,7)8)62(43-29-21-39(3)22-30-43)44-31-23-40(4)24-32-44/h9-36H,1-8H3. The van der Waals surface area contributed by atoms with Gasteiger partial charge in [0.15, 0.2) is 0 Å². The lowest BCUT2D eigenvalue weighted by atomic mass is 9.79. The second-order valence-electron chi connectivity index (χ2n) is 18.9. The van der Waals surface area contributed by atoms with Crippen molar-refractivity contribution in [2.45, 2.75) is 66.2 Å². The third-order valence-corrected chi connectivity index (χ3v) is 14.1. The van der Waals surface area contributed by atoms with Gasteiger partial charge >= 0.3 is 0 Å². The molecule has 0 unspecified atom stereocenters. The van der Waals surface area contributed by atoms with E-state index in [0.717, 1.165) is 22.7 Å². The van der Waals surface area contributed by atoms with E-state index in [1.54, 1.807) is 0 Å². The Balaban J connectivity index is 1.13. The molecular weight excluding hydrogens is 749 g/mol. The van der Waals surface area contributed by atoms with Crippen LogP contribution >= 0.6 is 0 Å². The van der Waals surface area contributed by atoms with E-state index in [2.05, 4.69) is 235 Å². The van der Waals surface area contributed by atoms with E-state index in [1.165, 1.54) is 99.7 Å². The van der Waals surface area contributed by atoms with Gasteiger partial charge in [-0.15, -0.1) is 0 Å². The molecule has 9 aromatic rings. The van der Waals surface area contributed by atoms with Crippen LogP contribution in [-0.2, 0) is 10.8 Å². The van der Waals surface area contributed by atoms with Gasteiger partial charge in [-0.1, -0.05) is 147 Å². The minimum atomic E-state index is -0.249. The van der Waals surface area contributed by atoms with E-state index in [1.807, 2.05) is 0 Å². The summed E-state index contributed by atoms with van der Waals surface area (Å²) in [5, 5.41) is 5.09. The molecule has 0 fully saturated rings. The van der Waals surface area contributed by atoms with Gasteiger partial charge in [0.25, 0.3) is 0 Å². The third kappa shape index (κ3) is 5.69. The van der Waals surface area contributed by atoms with Crippen LogP contribution in [0.1, 0.15) is 72.2 Å². The Morgan fingerprint density at radius 2 is 0.581 bits per heavy atom. The Morgan fingerprint density at radius 3 is 0.871 bits per heavy atom.